The second kappa shape index (κ2) is 4.41. The van der Waals surface area contributed by atoms with Gasteiger partial charge in [-0.25, -0.2) is 0 Å². The van der Waals surface area contributed by atoms with Gasteiger partial charge in [-0.05, 0) is 26.2 Å². The second-order valence-corrected chi connectivity index (χ2v) is 4.32. The van der Waals surface area contributed by atoms with Crippen molar-refractivity contribution in [3.63, 3.8) is 0 Å². The Bertz CT molecular complexity index is 304. The van der Waals surface area contributed by atoms with Gasteiger partial charge in [-0.2, -0.15) is 0 Å². The Labute approximate surface area is 94.4 Å². The number of carbonyl (C=O) groups excluding carboxylic acids is 2. The minimum atomic E-state index is -0.997. The van der Waals surface area contributed by atoms with Gasteiger partial charge in [-0.15, -0.1) is 0 Å². The number of nitrogens with zero attached hydrogens (tertiary/aromatic N) is 1. The first-order chi connectivity index (χ1) is 7.66. The van der Waals surface area contributed by atoms with Crippen molar-refractivity contribution >= 4 is 11.9 Å². The molecule has 2 aliphatic rings. The molecule has 2 rings (SSSR count). The zero-order valence-electron chi connectivity index (χ0n) is 9.39. The van der Waals surface area contributed by atoms with Crippen molar-refractivity contribution in [2.24, 2.45) is 5.92 Å². The van der Waals surface area contributed by atoms with Crippen LogP contribution in [0.4, 0.5) is 0 Å². The Morgan fingerprint density at radius 1 is 1.56 bits per heavy atom. The fourth-order valence-electron chi connectivity index (χ4n) is 2.61. The van der Waals surface area contributed by atoms with Crippen LogP contribution in [0.5, 0.6) is 0 Å². The first kappa shape index (κ1) is 11.4. The number of fused-ring (bicyclic) bond motifs is 1. The number of aliphatic hydroxyl groups is 1. The van der Waals surface area contributed by atoms with Crippen LogP contribution < -0.4 is 0 Å². The normalized spacial score (nSPS) is 33.8. The number of hydrogen-bond acceptors (Lipinski definition) is 4. The van der Waals surface area contributed by atoms with Gasteiger partial charge in [-0.1, -0.05) is 0 Å². The molecule has 0 aromatic carbocycles. The molecule has 2 fully saturated rings. The summed E-state index contributed by atoms with van der Waals surface area (Å²) >= 11 is 0. The van der Waals surface area contributed by atoms with Gasteiger partial charge in [0.15, 0.2) is 5.92 Å². The Hall–Kier alpha value is -1.10. The summed E-state index contributed by atoms with van der Waals surface area (Å²) in [5.41, 5.74) is 0. The average Bonchev–Trinajstić information content (AvgIpc) is 2.53. The molecule has 2 heterocycles. The monoisotopic (exact) mass is 227 g/mol. The van der Waals surface area contributed by atoms with Crippen LogP contribution in [0.2, 0.25) is 0 Å². The first-order valence-corrected chi connectivity index (χ1v) is 5.82. The molecule has 0 radical (unpaired) electrons. The van der Waals surface area contributed by atoms with Crippen LogP contribution in [0.1, 0.15) is 26.2 Å². The van der Waals surface area contributed by atoms with Crippen molar-refractivity contribution in [3.8, 4) is 0 Å². The molecule has 90 valence electrons. The lowest BCUT2D eigenvalue weighted by atomic mass is 9.96. The minimum Gasteiger partial charge on any atom is -0.465 e. The van der Waals surface area contributed by atoms with Crippen molar-refractivity contribution in [1.29, 1.82) is 0 Å². The van der Waals surface area contributed by atoms with Gasteiger partial charge < -0.3 is 14.7 Å². The van der Waals surface area contributed by atoms with Crippen LogP contribution in [0.3, 0.4) is 0 Å². The van der Waals surface area contributed by atoms with Crippen LogP contribution in [0, 0.1) is 5.92 Å². The average molecular weight is 227 g/mol. The maximum Gasteiger partial charge on any atom is 0.321 e. The molecule has 5 heteroatoms. The summed E-state index contributed by atoms with van der Waals surface area (Å²) in [6.07, 6.45) is 1.83. The number of ether oxygens (including phenoxy) is 1. The highest BCUT2D eigenvalue weighted by atomic mass is 16.5. The van der Waals surface area contributed by atoms with E-state index >= 15 is 0 Å². The molecule has 16 heavy (non-hydrogen) atoms. The predicted molar refractivity (Wildman–Crippen MR) is 55.5 cm³/mol. The summed E-state index contributed by atoms with van der Waals surface area (Å²) < 4.78 is 4.83. The molecule has 0 aromatic rings. The van der Waals surface area contributed by atoms with E-state index in [0.29, 0.717) is 6.54 Å². The highest BCUT2D eigenvalue weighted by molar-refractivity contribution is 6.00. The van der Waals surface area contributed by atoms with Crippen LogP contribution in [-0.2, 0) is 14.3 Å². The van der Waals surface area contributed by atoms with Crippen molar-refractivity contribution in [1.82, 2.24) is 4.90 Å². The summed E-state index contributed by atoms with van der Waals surface area (Å²) in [5, 5.41) is 9.99. The van der Waals surface area contributed by atoms with Crippen molar-refractivity contribution in [3.05, 3.63) is 0 Å². The number of amides is 1. The van der Waals surface area contributed by atoms with Crippen LogP contribution >= 0.6 is 0 Å². The smallest absolute Gasteiger partial charge is 0.321 e. The lowest BCUT2D eigenvalue weighted by molar-refractivity contribution is -0.154. The molecule has 0 saturated carbocycles. The molecule has 0 spiro atoms. The van der Waals surface area contributed by atoms with Crippen molar-refractivity contribution < 1.29 is 19.4 Å². The maximum absolute atomic E-state index is 11.9. The predicted octanol–water partition coefficient (Wildman–Crippen LogP) is -0.0787. The standard InChI is InChI=1S/C11H17NO4/c1-2-16-11(15)8-9(13)7-5-3-4-6-12(7)10(8)14/h7-9,13H,2-6H2,1H3/t7-,8-,9+/m0/s1. The third-order valence-corrected chi connectivity index (χ3v) is 3.37. The minimum absolute atomic E-state index is 0.185. The molecular weight excluding hydrogens is 210 g/mol. The maximum atomic E-state index is 11.9. The number of carbonyl (C=O) groups is 2. The Balaban J connectivity index is 2.15. The number of piperidine rings is 1. The zero-order chi connectivity index (χ0) is 11.7. The number of hydrogen-bond donors (Lipinski definition) is 1. The fourth-order valence-corrected chi connectivity index (χ4v) is 2.61. The lowest BCUT2D eigenvalue weighted by Gasteiger charge is -2.30. The number of aliphatic hydroxyl groups excluding tert-OH is 1. The van der Waals surface area contributed by atoms with E-state index in [1.165, 1.54) is 0 Å². The molecule has 5 nitrogen and oxygen atoms in total. The van der Waals surface area contributed by atoms with Gasteiger partial charge >= 0.3 is 5.97 Å². The van der Waals surface area contributed by atoms with Gasteiger partial charge in [0, 0.05) is 6.54 Å². The Morgan fingerprint density at radius 2 is 2.31 bits per heavy atom. The molecule has 1 amide bonds. The quantitative estimate of drug-likeness (QED) is 0.529. The zero-order valence-corrected chi connectivity index (χ0v) is 9.39. The van der Waals surface area contributed by atoms with Crippen LogP contribution in [0.25, 0.3) is 0 Å². The van der Waals surface area contributed by atoms with Crippen LogP contribution in [0.15, 0.2) is 0 Å². The van der Waals surface area contributed by atoms with Gasteiger partial charge in [0.25, 0.3) is 0 Å². The fraction of sp³-hybridized carbons (Fsp3) is 0.818. The van der Waals surface area contributed by atoms with Crippen LogP contribution in [-0.4, -0.2) is 47.2 Å². The molecule has 0 bridgehead atoms. The first-order valence-electron chi connectivity index (χ1n) is 5.82. The molecular formula is C11H17NO4. The van der Waals surface area contributed by atoms with Gasteiger partial charge in [0.05, 0.1) is 18.8 Å². The van der Waals surface area contributed by atoms with E-state index in [1.807, 2.05) is 0 Å². The largest absolute Gasteiger partial charge is 0.465 e. The molecule has 0 aromatic heterocycles. The van der Waals surface area contributed by atoms with E-state index in [4.69, 9.17) is 4.74 Å². The molecule has 3 atom stereocenters. The molecule has 1 N–H and O–H groups in total. The van der Waals surface area contributed by atoms with E-state index in [2.05, 4.69) is 0 Å². The van der Waals surface area contributed by atoms with Gasteiger partial charge in [0.1, 0.15) is 0 Å². The van der Waals surface area contributed by atoms with Gasteiger partial charge in [-0.3, -0.25) is 9.59 Å². The summed E-state index contributed by atoms with van der Waals surface area (Å²) in [5.74, 6) is -1.85. The summed E-state index contributed by atoms with van der Waals surface area (Å²) in [4.78, 5) is 25.1. The van der Waals surface area contributed by atoms with E-state index in [1.54, 1.807) is 11.8 Å². The molecule has 0 aliphatic carbocycles. The lowest BCUT2D eigenvalue weighted by Crippen LogP contribution is -2.40. The summed E-state index contributed by atoms with van der Waals surface area (Å²) in [7, 11) is 0. The summed E-state index contributed by atoms with van der Waals surface area (Å²) in [6, 6.07) is -0.185. The van der Waals surface area contributed by atoms with Crippen molar-refractivity contribution in [2.75, 3.05) is 13.2 Å². The third-order valence-electron chi connectivity index (χ3n) is 3.37. The van der Waals surface area contributed by atoms with E-state index in [0.717, 1.165) is 19.3 Å². The number of esters is 1. The SMILES string of the molecule is CCOC(=O)[C@@H]1C(=O)N2CCCC[C@H]2[C@H]1O. The van der Waals surface area contributed by atoms with Gasteiger partial charge in [0.2, 0.25) is 5.91 Å². The molecule has 2 aliphatic heterocycles. The highest BCUT2D eigenvalue weighted by Gasteiger charge is 2.51. The number of rotatable bonds is 2. The topological polar surface area (TPSA) is 66.8 Å². The third kappa shape index (κ3) is 1.69. The Morgan fingerprint density at radius 3 is 2.94 bits per heavy atom. The highest BCUT2D eigenvalue weighted by Crippen LogP contribution is 2.32. The van der Waals surface area contributed by atoms with E-state index in [9.17, 15) is 14.7 Å². The van der Waals surface area contributed by atoms with E-state index < -0.39 is 18.0 Å². The molecule has 0 unspecified atom stereocenters. The second-order valence-electron chi connectivity index (χ2n) is 4.32. The summed E-state index contributed by atoms with van der Waals surface area (Å²) in [6.45, 7) is 2.58. The van der Waals surface area contributed by atoms with E-state index in [-0.39, 0.29) is 18.6 Å². The van der Waals surface area contributed by atoms with Crippen molar-refractivity contribution in [2.45, 2.75) is 38.3 Å². The Kier molecular flexibility index (Phi) is 3.14. The molecule has 2 saturated heterocycles.